The Kier molecular flexibility index (Phi) is 12.6. The van der Waals surface area contributed by atoms with Gasteiger partial charge in [-0.05, 0) is 39.0 Å². The van der Waals surface area contributed by atoms with Gasteiger partial charge in [-0.15, -0.1) is 0 Å². The molecular weight excluding hydrogens is 352 g/mol. The van der Waals surface area contributed by atoms with Crippen LogP contribution < -0.4 is 10.6 Å². The second-order valence-corrected chi connectivity index (χ2v) is 9.59. The lowest BCUT2D eigenvalue weighted by atomic mass is 9.96. The van der Waals surface area contributed by atoms with Gasteiger partial charge >= 0.3 is 0 Å². The Labute approximate surface area is 173 Å². The van der Waals surface area contributed by atoms with Crippen molar-refractivity contribution in [3.63, 3.8) is 0 Å². The quantitative estimate of drug-likeness (QED) is 0.660. The third kappa shape index (κ3) is 12.3. The minimum Gasteiger partial charge on any atom is -0.354 e. The molecule has 0 aromatic carbocycles. The minimum atomic E-state index is -0.275. The van der Waals surface area contributed by atoms with Crippen LogP contribution in [0.15, 0.2) is 0 Å². The first-order chi connectivity index (χ1) is 12.9. The highest BCUT2D eigenvalue weighted by molar-refractivity contribution is 5.81. The first-order valence-electron chi connectivity index (χ1n) is 10.9. The Bertz CT molecular complexity index is 412. The van der Waals surface area contributed by atoms with E-state index in [0.717, 1.165) is 39.3 Å². The molecule has 0 radical (unpaired) electrons. The van der Waals surface area contributed by atoms with Gasteiger partial charge in [-0.2, -0.15) is 0 Å². The van der Waals surface area contributed by atoms with Crippen LogP contribution in [0.3, 0.4) is 0 Å². The van der Waals surface area contributed by atoms with Crippen LogP contribution in [-0.2, 0) is 9.59 Å². The SMILES string of the molecule is CC(C)(C)C(=O)NCCN1CCCC1.CCN(CC)CCNC(=O)C(C)(C)C. The molecule has 0 aliphatic carbocycles. The van der Waals surface area contributed by atoms with Crippen LogP contribution in [0.5, 0.6) is 0 Å². The van der Waals surface area contributed by atoms with Crippen LogP contribution in [0, 0.1) is 10.8 Å². The van der Waals surface area contributed by atoms with Crippen LogP contribution in [0.25, 0.3) is 0 Å². The molecule has 1 fully saturated rings. The molecule has 0 saturated carbocycles. The monoisotopic (exact) mass is 398 g/mol. The molecule has 0 aromatic heterocycles. The molecule has 1 heterocycles. The Morgan fingerprint density at radius 1 is 0.821 bits per heavy atom. The van der Waals surface area contributed by atoms with Crippen molar-refractivity contribution >= 4 is 11.8 Å². The van der Waals surface area contributed by atoms with Crippen molar-refractivity contribution in [2.45, 2.75) is 68.2 Å². The average Bonchev–Trinajstić information content (AvgIpc) is 3.11. The van der Waals surface area contributed by atoms with Crippen LogP contribution in [0.4, 0.5) is 0 Å². The molecule has 0 atom stereocenters. The van der Waals surface area contributed by atoms with E-state index in [9.17, 15) is 9.59 Å². The van der Waals surface area contributed by atoms with Crippen molar-refractivity contribution in [3.8, 4) is 0 Å². The third-order valence-corrected chi connectivity index (χ3v) is 4.88. The first-order valence-corrected chi connectivity index (χ1v) is 10.9. The molecule has 1 aliphatic rings. The molecule has 6 heteroatoms. The zero-order valence-corrected chi connectivity index (χ0v) is 19.8. The lowest BCUT2D eigenvalue weighted by Gasteiger charge is -2.21. The smallest absolute Gasteiger partial charge is 0.225 e. The van der Waals surface area contributed by atoms with Gasteiger partial charge in [-0.3, -0.25) is 9.59 Å². The number of likely N-dealkylation sites (tertiary alicyclic amines) is 1. The van der Waals surface area contributed by atoms with Crippen molar-refractivity contribution in [1.29, 1.82) is 0 Å². The van der Waals surface area contributed by atoms with Gasteiger partial charge in [0.1, 0.15) is 0 Å². The maximum Gasteiger partial charge on any atom is 0.225 e. The molecule has 166 valence electrons. The van der Waals surface area contributed by atoms with Gasteiger partial charge in [0.15, 0.2) is 0 Å². The number of nitrogens with one attached hydrogen (secondary N) is 2. The van der Waals surface area contributed by atoms with Crippen molar-refractivity contribution in [2.24, 2.45) is 10.8 Å². The van der Waals surface area contributed by atoms with E-state index in [-0.39, 0.29) is 22.6 Å². The van der Waals surface area contributed by atoms with E-state index in [1.165, 1.54) is 25.9 Å². The summed E-state index contributed by atoms with van der Waals surface area (Å²) in [4.78, 5) is 27.7. The van der Waals surface area contributed by atoms with E-state index >= 15 is 0 Å². The third-order valence-electron chi connectivity index (χ3n) is 4.88. The summed E-state index contributed by atoms with van der Waals surface area (Å²) in [5.41, 5.74) is -0.533. The predicted molar refractivity (Wildman–Crippen MR) is 118 cm³/mol. The van der Waals surface area contributed by atoms with Gasteiger partial charge in [-0.25, -0.2) is 0 Å². The first kappa shape index (κ1) is 26.9. The molecular formula is C22H46N4O2. The highest BCUT2D eigenvalue weighted by atomic mass is 16.2. The van der Waals surface area contributed by atoms with Gasteiger partial charge < -0.3 is 20.4 Å². The number of amides is 2. The molecule has 1 aliphatic heterocycles. The van der Waals surface area contributed by atoms with Gasteiger partial charge in [0.05, 0.1) is 0 Å². The summed E-state index contributed by atoms with van der Waals surface area (Å²) in [6.45, 7) is 23.9. The normalized spacial score (nSPS) is 15.2. The Balaban J connectivity index is 0.000000521. The second kappa shape index (κ2) is 13.2. The van der Waals surface area contributed by atoms with Gasteiger partial charge in [0.2, 0.25) is 11.8 Å². The van der Waals surface area contributed by atoms with E-state index in [0.29, 0.717) is 0 Å². The Hall–Kier alpha value is -1.14. The average molecular weight is 399 g/mol. The molecule has 0 bridgehead atoms. The minimum absolute atomic E-state index is 0.129. The number of carbonyl (C=O) groups is 2. The van der Waals surface area contributed by atoms with Crippen LogP contribution in [-0.4, -0.2) is 74.0 Å². The molecule has 0 unspecified atom stereocenters. The molecule has 6 nitrogen and oxygen atoms in total. The Morgan fingerprint density at radius 2 is 1.25 bits per heavy atom. The number of hydrogen-bond acceptors (Lipinski definition) is 4. The molecule has 28 heavy (non-hydrogen) atoms. The zero-order chi connectivity index (χ0) is 21.8. The largest absolute Gasteiger partial charge is 0.354 e. The number of nitrogens with zero attached hydrogens (tertiary/aromatic N) is 2. The summed E-state index contributed by atoms with van der Waals surface area (Å²) in [6, 6.07) is 0. The topological polar surface area (TPSA) is 64.7 Å². The van der Waals surface area contributed by atoms with Gasteiger partial charge in [-0.1, -0.05) is 55.4 Å². The van der Waals surface area contributed by atoms with Gasteiger partial charge in [0.25, 0.3) is 0 Å². The number of hydrogen-bond donors (Lipinski definition) is 2. The number of rotatable bonds is 8. The van der Waals surface area contributed by atoms with E-state index in [1.54, 1.807) is 0 Å². The number of carbonyl (C=O) groups excluding carboxylic acids is 2. The maximum atomic E-state index is 11.5. The summed E-state index contributed by atoms with van der Waals surface area (Å²) in [7, 11) is 0. The fourth-order valence-corrected chi connectivity index (χ4v) is 2.73. The second-order valence-electron chi connectivity index (χ2n) is 9.59. The van der Waals surface area contributed by atoms with Crippen molar-refractivity contribution in [1.82, 2.24) is 20.4 Å². The fraction of sp³-hybridized carbons (Fsp3) is 0.909. The summed E-state index contributed by atoms with van der Waals surface area (Å²) in [5.74, 6) is 0.279. The van der Waals surface area contributed by atoms with Crippen LogP contribution in [0.1, 0.15) is 68.2 Å². The summed E-state index contributed by atoms with van der Waals surface area (Å²) >= 11 is 0. The Morgan fingerprint density at radius 3 is 1.64 bits per heavy atom. The molecule has 0 spiro atoms. The van der Waals surface area contributed by atoms with E-state index in [2.05, 4.69) is 34.3 Å². The highest BCUT2D eigenvalue weighted by Crippen LogP contribution is 2.13. The molecule has 1 saturated heterocycles. The van der Waals surface area contributed by atoms with Crippen molar-refractivity contribution in [3.05, 3.63) is 0 Å². The standard InChI is InChI=1S/C11H22N2O.C11H24N2O/c1-11(2,3)10(14)12-6-9-13-7-4-5-8-13;1-6-13(7-2)9-8-12-10(14)11(3,4)5/h4-9H2,1-3H3,(H,12,14);6-9H2,1-5H3,(H,12,14). The molecule has 2 N–H and O–H groups in total. The fourth-order valence-electron chi connectivity index (χ4n) is 2.73. The van der Waals surface area contributed by atoms with E-state index < -0.39 is 0 Å². The predicted octanol–water partition coefficient (Wildman–Crippen LogP) is 2.74. The lowest BCUT2D eigenvalue weighted by molar-refractivity contribution is -0.129. The van der Waals surface area contributed by atoms with Crippen molar-refractivity contribution in [2.75, 3.05) is 52.4 Å². The van der Waals surface area contributed by atoms with E-state index in [4.69, 9.17) is 0 Å². The molecule has 1 rings (SSSR count). The summed E-state index contributed by atoms with van der Waals surface area (Å²) in [5, 5.41) is 5.91. The van der Waals surface area contributed by atoms with Crippen LogP contribution >= 0.6 is 0 Å². The van der Waals surface area contributed by atoms with Crippen molar-refractivity contribution < 1.29 is 9.59 Å². The maximum absolute atomic E-state index is 11.5. The number of likely N-dealkylation sites (N-methyl/N-ethyl adjacent to an activating group) is 1. The zero-order valence-electron chi connectivity index (χ0n) is 19.8. The summed E-state index contributed by atoms with van der Waals surface area (Å²) < 4.78 is 0. The molecule has 2 amide bonds. The van der Waals surface area contributed by atoms with Crippen LogP contribution in [0.2, 0.25) is 0 Å². The highest BCUT2D eigenvalue weighted by Gasteiger charge is 2.21. The molecule has 0 aromatic rings. The lowest BCUT2D eigenvalue weighted by Crippen LogP contribution is -2.39. The van der Waals surface area contributed by atoms with Gasteiger partial charge in [0, 0.05) is 37.0 Å². The van der Waals surface area contributed by atoms with E-state index in [1.807, 2.05) is 41.5 Å². The summed E-state index contributed by atoms with van der Waals surface area (Å²) in [6.07, 6.45) is 2.63.